The first-order chi connectivity index (χ1) is 10.0. The quantitative estimate of drug-likeness (QED) is 0.899. The standard InChI is InChI=1S/C15H21FN2O3/c1-11(19)10-17-5-7-18(8-6-17)15(20)13-4-3-12(21-2)9-14(13)16/h3-4,9,11,19H,5-8,10H2,1-2H3/t11-/m1/s1. The van der Waals surface area contributed by atoms with Crippen LogP contribution in [0.25, 0.3) is 0 Å². The van der Waals surface area contributed by atoms with E-state index in [4.69, 9.17) is 4.74 Å². The zero-order valence-electron chi connectivity index (χ0n) is 12.4. The highest BCUT2D eigenvalue weighted by molar-refractivity contribution is 5.94. The van der Waals surface area contributed by atoms with Gasteiger partial charge in [0.15, 0.2) is 0 Å². The van der Waals surface area contributed by atoms with Crippen molar-refractivity contribution in [2.24, 2.45) is 0 Å². The second-order valence-electron chi connectivity index (χ2n) is 5.29. The lowest BCUT2D eigenvalue weighted by Crippen LogP contribution is -2.50. The van der Waals surface area contributed by atoms with E-state index in [0.29, 0.717) is 38.5 Å². The highest BCUT2D eigenvalue weighted by atomic mass is 19.1. The molecule has 5 nitrogen and oxygen atoms in total. The number of hydrogen-bond donors (Lipinski definition) is 1. The van der Waals surface area contributed by atoms with Crippen LogP contribution in [0.2, 0.25) is 0 Å². The van der Waals surface area contributed by atoms with Gasteiger partial charge in [-0.15, -0.1) is 0 Å². The van der Waals surface area contributed by atoms with E-state index in [1.54, 1.807) is 17.9 Å². The van der Waals surface area contributed by atoms with Crippen molar-refractivity contribution in [2.75, 3.05) is 39.8 Å². The molecule has 1 aliphatic rings. The van der Waals surface area contributed by atoms with Crippen molar-refractivity contribution in [2.45, 2.75) is 13.0 Å². The summed E-state index contributed by atoms with van der Waals surface area (Å²) in [6, 6.07) is 4.26. The number of aliphatic hydroxyl groups excluding tert-OH is 1. The second kappa shape index (κ2) is 6.87. The van der Waals surface area contributed by atoms with E-state index in [1.807, 2.05) is 0 Å². The maximum absolute atomic E-state index is 13.9. The van der Waals surface area contributed by atoms with Gasteiger partial charge in [-0.25, -0.2) is 4.39 Å². The molecule has 0 spiro atoms. The maximum Gasteiger partial charge on any atom is 0.256 e. The zero-order valence-corrected chi connectivity index (χ0v) is 12.4. The van der Waals surface area contributed by atoms with Crippen molar-refractivity contribution in [3.8, 4) is 5.75 Å². The molecule has 1 amide bonds. The molecule has 1 heterocycles. The van der Waals surface area contributed by atoms with Gasteiger partial charge in [-0.05, 0) is 19.1 Å². The number of aliphatic hydroxyl groups is 1. The Kier molecular flexibility index (Phi) is 5.14. The smallest absolute Gasteiger partial charge is 0.256 e. The summed E-state index contributed by atoms with van der Waals surface area (Å²) in [5.74, 6) is -0.469. The lowest BCUT2D eigenvalue weighted by molar-refractivity contribution is 0.0550. The summed E-state index contributed by atoms with van der Waals surface area (Å²) in [6.45, 7) is 4.79. The highest BCUT2D eigenvalue weighted by Gasteiger charge is 2.24. The van der Waals surface area contributed by atoms with Gasteiger partial charge in [-0.2, -0.15) is 0 Å². The molecule has 0 aliphatic carbocycles. The van der Waals surface area contributed by atoms with Crippen LogP contribution in [-0.4, -0.2) is 66.8 Å². The Balaban J connectivity index is 1.99. The van der Waals surface area contributed by atoms with Gasteiger partial charge in [-0.1, -0.05) is 0 Å². The predicted octanol–water partition coefficient (Wildman–Crippen LogP) is 0.973. The summed E-state index contributed by atoms with van der Waals surface area (Å²) in [6.07, 6.45) is -0.383. The number of benzene rings is 1. The van der Waals surface area contributed by atoms with Gasteiger partial charge in [-0.3, -0.25) is 9.69 Å². The van der Waals surface area contributed by atoms with Crippen LogP contribution in [0.1, 0.15) is 17.3 Å². The molecule has 1 aromatic carbocycles. The largest absolute Gasteiger partial charge is 0.497 e. The van der Waals surface area contributed by atoms with Gasteiger partial charge < -0.3 is 14.7 Å². The number of ether oxygens (including phenoxy) is 1. The van der Waals surface area contributed by atoms with Crippen LogP contribution < -0.4 is 4.74 Å². The Morgan fingerprint density at radius 3 is 2.57 bits per heavy atom. The van der Waals surface area contributed by atoms with Gasteiger partial charge in [0.2, 0.25) is 0 Å². The average molecular weight is 296 g/mol. The van der Waals surface area contributed by atoms with Crippen LogP contribution in [0.15, 0.2) is 18.2 Å². The SMILES string of the molecule is COc1ccc(C(=O)N2CCN(C[C@@H](C)O)CC2)c(F)c1. The van der Waals surface area contributed by atoms with E-state index >= 15 is 0 Å². The van der Waals surface area contributed by atoms with Crippen molar-refractivity contribution in [3.63, 3.8) is 0 Å². The number of carbonyl (C=O) groups is 1. The molecule has 116 valence electrons. The number of halogens is 1. The van der Waals surface area contributed by atoms with Crippen molar-refractivity contribution >= 4 is 5.91 Å². The van der Waals surface area contributed by atoms with Gasteiger partial charge in [0, 0.05) is 38.8 Å². The second-order valence-corrected chi connectivity index (χ2v) is 5.29. The summed E-state index contributed by atoms with van der Waals surface area (Å²) in [7, 11) is 1.46. The lowest BCUT2D eigenvalue weighted by atomic mass is 10.1. The number of rotatable bonds is 4. The van der Waals surface area contributed by atoms with E-state index in [1.165, 1.54) is 19.2 Å². The predicted molar refractivity (Wildman–Crippen MR) is 77.0 cm³/mol. The molecule has 1 saturated heterocycles. The van der Waals surface area contributed by atoms with Crippen molar-refractivity contribution in [1.29, 1.82) is 0 Å². The number of piperazine rings is 1. The summed E-state index contributed by atoms with van der Waals surface area (Å²) in [5, 5.41) is 9.36. The molecule has 0 unspecified atom stereocenters. The summed E-state index contributed by atoms with van der Waals surface area (Å²) < 4.78 is 18.9. The summed E-state index contributed by atoms with van der Waals surface area (Å²) in [5.41, 5.74) is 0.0692. The molecular formula is C15H21FN2O3. The molecule has 0 bridgehead atoms. The van der Waals surface area contributed by atoms with E-state index in [-0.39, 0.29) is 17.6 Å². The van der Waals surface area contributed by atoms with Gasteiger partial charge in [0.25, 0.3) is 5.91 Å². The zero-order chi connectivity index (χ0) is 15.4. The van der Waals surface area contributed by atoms with Gasteiger partial charge >= 0.3 is 0 Å². The van der Waals surface area contributed by atoms with Crippen LogP contribution in [0.5, 0.6) is 5.75 Å². The van der Waals surface area contributed by atoms with Crippen LogP contribution in [0, 0.1) is 5.82 Å². The Hall–Kier alpha value is -1.66. The van der Waals surface area contributed by atoms with E-state index < -0.39 is 5.82 Å². The molecule has 0 radical (unpaired) electrons. The van der Waals surface area contributed by atoms with E-state index in [0.717, 1.165) is 0 Å². The molecule has 21 heavy (non-hydrogen) atoms. The monoisotopic (exact) mass is 296 g/mol. The van der Waals surface area contributed by atoms with E-state index in [2.05, 4.69) is 4.90 Å². The minimum absolute atomic E-state index is 0.0692. The highest BCUT2D eigenvalue weighted by Crippen LogP contribution is 2.18. The number of amides is 1. The third kappa shape index (κ3) is 3.92. The number of hydrogen-bond acceptors (Lipinski definition) is 4. The Bertz CT molecular complexity index is 500. The number of carbonyl (C=O) groups excluding carboxylic acids is 1. The minimum Gasteiger partial charge on any atom is -0.497 e. The molecule has 1 N–H and O–H groups in total. The average Bonchev–Trinajstić information content (AvgIpc) is 2.46. The normalized spacial score (nSPS) is 17.6. The van der Waals surface area contributed by atoms with Crippen LogP contribution in [0.4, 0.5) is 4.39 Å². The molecule has 0 saturated carbocycles. The fourth-order valence-corrected chi connectivity index (χ4v) is 2.47. The lowest BCUT2D eigenvalue weighted by Gasteiger charge is -2.35. The van der Waals surface area contributed by atoms with Gasteiger partial charge in [0.05, 0.1) is 18.8 Å². The Labute approximate surface area is 123 Å². The third-order valence-electron chi connectivity index (χ3n) is 3.59. The van der Waals surface area contributed by atoms with Crippen LogP contribution >= 0.6 is 0 Å². The van der Waals surface area contributed by atoms with E-state index in [9.17, 15) is 14.3 Å². The molecule has 6 heteroatoms. The van der Waals surface area contributed by atoms with Crippen molar-refractivity contribution in [1.82, 2.24) is 9.80 Å². The summed E-state index contributed by atoms with van der Waals surface area (Å²) in [4.78, 5) is 16.1. The number of methoxy groups -OCH3 is 1. The van der Waals surface area contributed by atoms with Crippen molar-refractivity contribution in [3.05, 3.63) is 29.6 Å². The molecule has 1 aromatic rings. The molecular weight excluding hydrogens is 275 g/mol. The molecule has 1 aliphatic heterocycles. The molecule has 0 aromatic heterocycles. The third-order valence-corrected chi connectivity index (χ3v) is 3.59. The fraction of sp³-hybridized carbons (Fsp3) is 0.533. The first kappa shape index (κ1) is 15.7. The number of β-amino-alcohol motifs (C(OH)–C–C–N with tert-alkyl or cyclic N) is 1. The fourth-order valence-electron chi connectivity index (χ4n) is 2.47. The maximum atomic E-state index is 13.9. The molecule has 2 rings (SSSR count). The molecule has 1 fully saturated rings. The number of nitrogens with zero attached hydrogens (tertiary/aromatic N) is 2. The van der Waals surface area contributed by atoms with Crippen LogP contribution in [0.3, 0.4) is 0 Å². The molecule has 1 atom stereocenters. The van der Waals surface area contributed by atoms with Gasteiger partial charge in [0.1, 0.15) is 11.6 Å². The Morgan fingerprint density at radius 1 is 1.38 bits per heavy atom. The Morgan fingerprint density at radius 2 is 2.05 bits per heavy atom. The topological polar surface area (TPSA) is 53.0 Å². The summed E-state index contributed by atoms with van der Waals surface area (Å²) >= 11 is 0. The first-order valence-electron chi connectivity index (χ1n) is 7.04. The van der Waals surface area contributed by atoms with Crippen molar-refractivity contribution < 1.29 is 19.0 Å². The minimum atomic E-state index is -0.564. The van der Waals surface area contributed by atoms with Crippen LogP contribution in [-0.2, 0) is 0 Å². The first-order valence-corrected chi connectivity index (χ1v) is 7.04.